The van der Waals surface area contributed by atoms with Crippen molar-refractivity contribution in [1.82, 2.24) is 4.90 Å². The number of hydrogen-bond acceptors (Lipinski definition) is 4. The first-order valence-corrected chi connectivity index (χ1v) is 4.76. The predicted octanol–water partition coefficient (Wildman–Crippen LogP) is -1.33. The van der Waals surface area contributed by atoms with Gasteiger partial charge < -0.3 is 9.90 Å². The van der Waals surface area contributed by atoms with Crippen LogP contribution in [0.2, 0.25) is 0 Å². The zero-order valence-corrected chi connectivity index (χ0v) is 12.7. The molecule has 0 amide bonds. The van der Waals surface area contributed by atoms with E-state index in [-0.39, 0.29) is 29.6 Å². The molecular weight excluding hydrogens is 397 g/mol. The van der Waals surface area contributed by atoms with E-state index in [0.717, 1.165) is 0 Å². The molecule has 1 aliphatic rings. The summed E-state index contributed by atoms with van der Waals surface area (Å²) in [6.45, 7) is 0. The van der Waals surface area contributed by atoms with Gasteiger partial charge in [-0.15, -0.1) is 4.90 Å². The third-order valence-corrected chi connectivity index (χ3v) is 2.47. The van der Waals surface area contributed by atoms with E-state index in [1.54, 1.807) is 4.74 Å². The number of ether oxygens (including phenoxy) is 1. The molecule has 0 spiro atoms. The number of carboxylic acid groups (broad SMARTS) is 1. The van der Waals surface area contributed by atoms with E-state index in [1.807, 2.05) is 0 Å². The minimum atomic E-state index is -7.30. The largest absolute Gasteiger partial charge is 1.00 e. The van der Waals surface area contributed by atoms with Gasteiger partial charge in [-0.3, -0.25) is 0 Å². The summed E-state index contributed by atoms with van der Waals surface area (Å²) in [4.78, 5) is 6.29. The molecule has 0 radical (unpaired) electrons. The van der Waals surface area contributed by atoms with Crippen LogP contribution in [0.25, 0.3) is 0 Å². The molecule has 1 aliphatic heterocycles. The Hall–Kier alpha value is -0.450. The molecule has 0 aromatic carbocycles. The van der Waals surface area contributed by atoms with Crippen molar-refractivity contribution < 1.29 is 96.9 Å². The van der Waals surface area contributed by atoms with Crippen molar-refractivity contribution in [3.63, 3.8) is 0 Å². The van der Waals surface area contributed by atoms with Crippen molar-refractivity contribution in [2.75, 3.05) is 0 Å². The van der Waals surface area contributed by atoms with Crippen LogP contribution < -0.4 is 34.7 Å². The van der Waals surface area contributed by atoms with Gasteiger partial charge in [0.2, 0.25) is 0 Å². The Bertz CT molecular complexity index is 495. The van der Waals surface area contributed by atoms with Crippen molar-refractivity contribution in [1.29, 1.82) is 0 Å². The number of carbonyl (C=O) groups is 1. The van der Waals surface area contributed by atoms with E-state index in [0.29, 0.717) is 0 Å². The molecule has 4 nitrogen and oxygen atoms in total. The topological polar surface area (TPSA) is 52.6 Å². The summed E-state index contributed by atoms with van der Waals surface area (Å²) in [5.41, 5.74) is 0. The number of rotatable bonds is 2. The van der Waals surface area contributed by atoms with Crippen molar-refractivity contribution in [3.8, 4) is 0 Å². The third-order valence-electron chi connectivity index (χ3n) is 2.47. The monoisotopic (exact) mass is 397 g/mol. The van der Waals surface area contributed by atoms with Gasteiger partial charge in [0.25, 0.3) is 0 Å². The zero-order chi connectivity index (χ0) is 18.9. The number of halogens is 12. The van der Waals surface area contributed by atoms with Crippen LogP contribution >= 0.6 is 0 Å². The van der Waals surface area contributed by atoms with Gasteiger partial charge in [-0.25, -0.2) is 9.13 Å². The first-order valence-electron chi connectivity index (χ1n) is 4.76. The molecule has 0 aliphatic carbocycles. The van der Waals surface area contributed by atoms with E-state index >= 15 is 0 Å². The molecule has 1 atom stereocenters. The molecule has 1 unspecified atom stereocenters. The van der Waals surface area contributed by atoms with Crippen LogP contribution in [0.15, 0.2) is 0 Å². The van der Waals surface area contributed by atoms with Crippen LogP contribution in [0.1, 0.15) is 0 Å². The van der Waals surface area contributed by atoms with Crippen LogP contribution in [0.4, 0.5) is 52.7 Å². The number of alkyl halides is 12. The number of carboxylic acids is 1. The number of morpholine rings is 1. The summed E-state index contributed by atoms with van der Waals surface area (Å²) in [5.74, 6) is -11.6. The van der Waals surface area contributed by atoms with Crippen molar-refractivity contribution in [2.45, 2.75) is 36.3 Å². The maximum atomic E-state index is 13.4. The van der Waals surface area contributed by atoms with Crippen LogP contribution in [0, 0.1) is 0 Å². The molecule has 1 rings (SSSR count). The molecule has 136 valence electrons. The minimum Gasteiger partial charge on any atom is -0.545 e. The van der Waals surface area contributed by atoms with Crippen LogP contribution in [-0.2, 0) is 9.53 Å². The first-order chi connectivity index (χ1) is 9.77. The second-order valence-electron chi connectivity index (χ2n) is 3.96. The Balaban J connectivity index is 0.00000529. The normalized spacial score (nSPS) is 27.7. The van der Waals surface area contributed by atoms with E-state index in [2.05, 4.69) is 0 Å². The quantitative estimate of drug-likeness (QED) is 0.330. The Kier molecular flexibility index (Phi) is 5.68. The maximum Gasteiger partial charge on any atom is 1.00 e. The van der Waals surface area contributed by atoms with Gasteiger partial charge in [0.1, 0.15) is 5.97 Å². The molecule has 24 heavy (non-hydrogen) atoms. The SMILES string of the molecule is O=C([O-])C(F)(N1C(F)(F)C(F)(F)OC(F)(F)C1(F)F)C(F)(F)F.[Na+]. The number of carbonyl (C=O) groups excluding carboxylic acids is 1. The Morgan fingerprint density at radius 1 is 0.833 bits per heavy atom. The van der Waals surface area contributed by atoms with Gasteiger partial charge in [-0.05, 0) is 0 Å². The maximum absolute atomic E-state index is 13.4. The molecule has 0 N–H and O–H groups in total. The third kappa shape index (κ3) is 2.85. The predicted molar refractivity (Wildman–Crippen MR) is 37.6 cm³/mol. The number of nitrogens with zero attached hydrogens (tertiary/aromatic N) is 1. The molecule has 1 heterocycles. The molecule has 0 saturated carbocycles. The van der Waals surface area contributed by atoms with Gasteiger partial charge in [-0.2, -0.15) is 48.3 Å². The van der Waals surface area contributed by atoms with Crippen LogP contribution in [0.3, 0.4) is 0 Å². The number of hydrogen-bond donors (Lipinski definition) is 0. The van der Waals surface area contributed by atoms with Gasteiger partial charge in [-0.1, -0.05) is 0 Å². The molecule has 1 fully saturated rings. The van der Waals surface area contributed by atoms with Gasteiger partial charge >= 0.3 is 65.8 Å². The fraction of sp³-hybridized carbons (Fsp3) is 0.857. The standard InChI is InChI=1S/C7HF12NO3.Na/c8-2(1(21)22,3(9,10)11)20-4(12,13)6(16,17)23-7(18,19)5(20,14)15;/h(H,21,22);/q;+1/p-1. The summed E-state index contributed by atoms with van der Waals surface area (Å²) >= 11 is 0. The molecule has 17 heteroatoms. The second-order valence-corrected chi connectivity index (χ2v) is 3.96. The van der Waals surface area contributed by atoms with Crippen molar-refractivity contribution >= 4 is 5.97 Å². The molecule has 0 bridgehead atoms. The van der Waals surface area contributed by atoms with E-state index < -0.39 is 47.1 Å². The summed E-state index contributed by atoms with van der Waals surface area (Å²) in [6.07, 6.45) is -20.9. The second kappa shape index (κ2) is 5.78. The Morgan fingerprint density at radius 2 is 1.12 bits per heavy atom. The van der Waals surface area contributed by atoms with Crippen molar-refractivity contribution in [3.05, 3.63) is 0 Å². The summed E-state index contributed by atoms with van der Waals surface area (Å²) in [5, 5.41) is 10.1. The number of aliphatic carboxylic acids is 1. The fourth-order valence-corrected chi connectivity index (χ4v) is 1.44. The minimum absolute atomic E-state index is 0. The first kappa shape index (κ1) is 23.5. The van der Waals surface area contributed by atoms with Gasteiger partial charge in [0.05, 0.1) is 0 Å². The average molecular weight is 397 g/mol. The van der Waals surface area contributed by atoms with Crippen LogP contribution in [0.5, 0.6) is 0 Å². The van der Waals surface area contributed by atoms with E-state index in [4.69, 9.17) is 0 Å². The van der Waals surface area contributed by atoms with Crippen molar-refractivity contribution in [2.24, 2.45) is 0 Å². The summed E-state index contributed by atoms with van der Waals surface area (Å²) in [7, 11) is 0. The van der Waals surface area contributed by atoms with Crippen LogP contribution in [-0.4, -0.2) is 47.1 Å². The molecule has 0 aromatic heterocycles. The Labute approximate surface area is 144 Å². The van der Waals surface area contributed by atoms with Gasteiger partial charge in [0, 0.05) is 0 Å². The Morgan fingerprint density at radius 3 is 1.33 bits per heavy atom. The van der Waals surface area contributed by atoms with E-state index in [9.17, 15) is 62.6 Å². The fourth-order valence-electron chi connectivity index (χ4n) is 1.44. The molecule has 1 saturated heterocycles. The summed E-state index contributed by atoms with van der Waals surface area (Å²) in [6, 6.07) is -14.3. The molecule has 0 aromatic rings. The molecular formula is C7F12NNaO3. The van der Waals surface area contributed by atoms with E-state index in [1.165, 1.54) is 0 Å². The van der Waals surface area contributed by atoms with Gasteiger partial charge in [0.15, 0.2) is 0 Å². The summed E-state index contributed by atoms with van der Waals surface area (Å²) < 4.78 is 155. The zero-order valence-electron chi connectivity index (χ0n) is 10.7. The average Bonchev–Trinajstić information content (AvgIpc) is 2.22. The smallest absolute Gasteiger partial charge is 0.545 e.